The smallest absolute Gasteiger partial charge is 0.368 e. The molecule has 0 spiro atoms. The van der Waals surface area contributed by atoms with E-state index in [0.29, 0.717) is 23.0 Å². The van der Waals surface area contributed by atoms with Crippen LogP contribution in [-0.2, 0) is 0 Å². The van der Waals surface area contributed by atoms with Crippen LogP contribution < -0.4 is 18.9 Å². The number of aliphatic hydroxyl groups is 2. The molecule has 0 saturated carbocycles. The lowest BCUT2D eigenvalue weighted by Crippen LogP contribution is -2.41. The predicted molar refractivity (Wildman–Crippen MR) is 138 cm³/mol. The molecule has 2 atom stereocenters. The van der Waals surface area contributed by atoms with Crippen molar-refractivity contribution in [3.8, 4) is 34.1 Å². The summed E-state index contributed by atoms with van der Waals surface area (Å²) in [4.78, 5) is 0. The summed E-state index contributed by atoms with van der Waals surface area (Å²) in [5.41, 5.74) is 1.90. The SMILES string of the molecule is CCC(O)(Oc1ccccc1)Oc1ccc(-c2ccc(OC(O)(CC)Oc3ccccc3)cc2)cc1. The van der Waals surface area contributed by atoms with Crippen molar-refractivity contribution in [2.24, 2.45) is 0 Å². The Morgan fingerprint density at radius 1 is 0.444 bits per heavy atom. The van der Waals surface area contributed by atoms with Crippen molar-refractivity contribution in [3.05, 3.63) is 109 Å². The van der Waals surface area contributed by atoms with Crippen molar-refractivity contribution in [1.29, 1.82) is 0 Å². The number of hydrogen-bond donors (Lipinski definition) is 2. The first-order valence-corrected chi connectivity index (χ1v) is 11.9. The minimum Gasteiger partial charge on any atom is -0.430 e. The number of para-hydroxylation sites is 2. The van der Waals surface area contributed by atoms with E-state index >= 15 is 0 Å². The molecule has 0 fully saturated rings. The van der Waals surface area contributed by atoms with Crippen LogP contribution in [0.3, 0.4) is 0 Å². The van der Waals surface area contributed by atoms with Gasteiger partial charge in [-0.2, -0.15) is 0 Å². The maximum Gasteiger partial charge on any atom is 0.368 e. The highest BCUT2D eigenvalue weighted by atomic mass is 16.8. The van der Waals surface area contributed by atoms with Gasteiger partial charge in [0.05, 0.1) is 12.8 Å². The first kappa shape index (κ1) is 25.1. The van der Waals surface area contributed by atoms with E-state index in [-0.39, 0.29) is 12.8 Å². The summed E-state index contributed by atoms with van der Waals surface area (Å²) in [5, 5.41) is 21.5. The third-order valence-electron chi connectivity index (χ3n) is 5.53. The first-order valence-electron chi connectivity index (χ1n) is 11.9. The van der Waals surface area contributed by atoms with E-state index in [9.17, 15) is 10.2 Å². The molecule has 0 bridgehead atoms. The molecule has 0 radical (unpaired) electrons. The third kappa shape index (κ3) is 6.56. The lowest BCUT2D eigenvalue weighted by atomic mass is 10.1. The monoisotopic (exact) mass is 486 g/mol. The van der Waals surface area contributed by atoms with Crippen LogP contribution in [0.1, 0.15) is 26.7 Å². The molecule has 0 amide bonds. The van der Waals surface area contributed by atoms with Crippen LogP contribution in [0, 0.1) is 0 Å². The Morgan fingerprint density at radius 3 is 1.00 bits per heavy atom. The fourth-order valence-corrected chi connectivity index (χ4v) is 3.47. The topological polar surface area (TPSA) is 77.4 Å². The van der Waals surface area contributed by atoms with Crippen molar-refractivity contribution in [2.75, 3.05) is 0 Å². The van der Waals surface area contributed by atoms with E-state index in [4.69, 9.17) is 18.9 Å². The van der Waals surface area contributed by atoms with Gasteiger partial charge in [0.2, 0.25) is 0 Å². The molecule has 4 aromatic rings. The zero-order chi connectivity index (χ0) is 25.4. The third-order valence-corrected chi connectivity index (χ3v) is 5.53. The minimum absolute atomic E-state index is 0.239. The second-order valence-corrected chi connectivity index (χ2v) is 8.22. The molecule has 0 aliphatic carbocycles. The Labute approximate surface area is 211 Å². The van der Waals surface area contributed by atoms with E-state index in [0.717, 1.165) is 11.1 Å². The zero-order valence-electron chi connectivity index (χ0n) is 20.3. The van der Waals surface area contributed by atoms with Crippen molar-refractivity contribution in [2.45, 2.75) is 38.6 Å². The average Bonchev–Trinajstić information content (AvgIpc) is 2.91. The number of ether oxygens (including phenoxy) is 4. The summed E-state index contributed by atoms with van der Waals surface area (Å²) in [6.45, 7) is 3.57. The van der Waals surface area contributed by atoms with E-state index < -0.39 is 11.9 Å². The number of benzene rings is 4. The lowest BCUT2D eigenvalue weighted by molar-refractivity contribution is -0.274. The molecule has 2 N–H and O–H groups in total. The van der Waals surface area contributed by atoms with Crippen LogP contribution in [0.4, 0.5) is 0 Å². The van der Waals surface area contributed by atoms with Crippen LogP contribution in [0.25, 0.3) is 11.1 Å². The molecule has 6 heteroatoms. The molecule has 0 saturated heterocycles. The van der Waals surface area contributed by atoms with Crippen LogP contribution in [0.5, 0.6) is 23.0 Å². The fourth-order valence-electron chi connectivity index (χ4n) is 3.47. The molecule has 2 unspecified atom stereocenters. The molecule has 0 aromatic heterocycles. The van der Waals surface area contributed by atoms with Crippen molar-refractivity contribution in [1.82, 2.24) is 0 Å². The van der Waals surface area contributed by atoms with Gasteiger partial charge in [0.1, 0.15) is 23.0 Å². The molecule has 4 rings (SSSR count). The standard InChI is InChI=1S/C30H30O6/c1-3-29(31,33-25-11-7-5-8-12-25)35-27-19-15-23(16-20-27)24-17-21-28(22-18-24)36-30(32,4-2)34-26-13-9-6-10-14-26/h5-22,31-32H,3-4H2,1-2H3. The molecule has 0 heterocycles. The van der Waals surface area contributed by atoms with Gasteiger partial charge in [-0.1, -0.05) is 74.5 Å². The highest BCUT2D eigenvalue weighted by molar-refractivity contribution is 5.64. The highest BCUT2D eigenvalue weighted by Crippen LogP contribution is 2.29. The van der Waals surface area contributed by atoms with Crippen LogP contribution in [0.15, 0.2) is 109 Å². The quantitative estimate of drug-likeness (QED) is 0.240. The molecule has 4 aromatic carbocycles. The number of hydrogen-bond acceptors (Lipinski definition) is 6. The van der Waals surface area contributed by atoms with Crippen molar-refractivity contribution >= 4 is 0 Å². The summed E-state index contributed by atoms with van der Waals surface area (Å²) < 4.78 is 22.8. The number of rotatable bonds is 11. The van der Waals surface area contributed by atoms with Crippen molar-refractivity contribution in [3.63, 3.8) is 0 Å². The molecule has 0 aliphatic rings. The summed E-state index contributed by atoms with van der Waals surface area (Å²) in [7, 11) is 0. The Morgan fingerprint density at radius 2 is 0.722 bits per heavy atom. The summed E-state index contributed by atoms with van der Waals surface area (Å²) >= 11 is 0. The van der Waals surface area contributed by atoms with Crippen LogP contribution in [-0.4, -0.2) is 22.2 Å². The van der Waals surface area contributed by atoms with Gasteiger partial charge < -0.3 is 29.2 Å². The normalized spacial score (nSPS) is 14.2. The molecular formula is C30H30O6. The van der Waals surface area contributed by atoms with Gasteiger partial charge in [-0.05, 0) is 59.7 Å². The predicted octanol–water partition coefficient (Wildman–Crippen LogP) is 6.38. The maximum atomic E-state index is 10.8. The van der Waals surface area contributed by atoms with Gasteiger partial charge in [0, 0.05) is 0 Å². The minimum atomic E-state index is -1.78. The molecule has 6 nitrogen and oxygen atoms in total. The van der Waals surface area contributed by atoms with E-state index in [1.54, 1.807) is 62.4 Å². The van der Waals surface area contributed by atoms with Crippen LogP contribution >= 0.6 is 0 Å². The molecule has 36 heavy (non-hydrogen) atoms. The van der Waals surface area contributed by atoms with E-state index in [1.807, 2.05) is 60.7 Å². The molecular weight excluding hydrogens is 456 g/mol. The summed E-state index contributed by atoms with van der Waals surface area (Å²) in [6, 6.07) is 32.8. The highest BCUT2D eigenvalue weighted by Gasteiger charge is 2.31. The van der Waals surface area contributed by atoms with Gasteiger partial charge in [0.15, 0.2) is 0 Å². The van der Waals surface area contributed by atoms with Gasteiger partial charge in [-0.15, -0.1) is 0 Å². The van der Waals surface area contributed by atoms with Gasteiger partial charge >= 0.3 is 11.9 Å². The summed E-state index contributed by atoms with van der Waals surface area (Å²) in [5.74, 6) is -1.57. The van der Waals surface area contributed by atoms with Crippen LogP contribution in [0.2, 0.25) is 0 Å². The van der Waals surface area contributed by atoms with Gasteiger partial charge in [-0.3, -0.25) is 0 Å². The van der Waals surface area contributed by atoms with E-state index in [2.05, 4.69) is 0 Å². The molecule has 0 aliphatic heterocycles. The Kier molecular flexibility index (Phi) is 7.78. The van der Waals surface area contributed by atoms with E-state index in [1.165, 1.54) is 0 Å². The molecule has 186 valence electrons. The maximum absolute atomic E-state index is 10.8. The second kappa shape index (κ2) is 11.2. The Balaban J connectivity index is 1.41. The summed E-state index contributed by atoms with van der Waals surface area (Å²) in [6.07, 6.45) is 0.479. The largest absolute Gasteiger partial charge is 0.430 e. The second-order valence-electron chi connectivity index (χ2n) is 8.22. The van der Waals surface area contributed by atoms with Crippen molar-refractivity contribution < 1.29 is 29.2 Å². The zero-order valence-corrected chi connectivity index (χ0v) is 20.3. The Hall–Kier alpha value is -4.00. The first-order chi connectivity index (χ1) is 17.4. The lowest BCUT2D eigenvalue weighted by Gasteiger charge is -2.28. The average molecular weight is 487 g/mol. The Bertz CT molecular complexity index is 1110. The van der Waals surface area contributed by atoms with Gasteiger partial charge in [-0.25, -0.2) is 0 Å². The fraction of sp³-hybridized carbons (Fsp3) is 0.200. The van der Waals surface area contributed by atoms with Gasteiger partial charge in [0.25, 0.3) is 0 Å².